The minimum Gasteiger partial charge on any atom is -0.334 e. The van der Waals surface area contributed by atoms with Crippen molar-refractivity contribution in [1.82, 2.24) is 25.5 Å². The molecule has 2 rings (SSSR count). The summed E-state index contributed by atoms with van der Waals surface area (Å²) in [5.74, 6) is -0.548. The van der Waals surface area contributed by atoms with Crippen molar-refractivity contribution in [2.24, 2.45) is 0 Å². The Labute approximate surface area is 107 Å². The normalized spacial score (nSPS) is 10.2. The molecule has 1 heterocycles. The number of para-hydroxylation sites is 1. The lowest BCUT2D eigenvalue weighted by Gasteiger charge is -2.14. The minimum absolute atomic E-state index is 0.0322. The van der Waals surface area contributed by atoms with Gasteiger partial charge >= 0.3 is 0 Å². The van der Waals surface area contributed by atoms with Crippen LogP contribution in [0.3, 0.4) is 0 Å². The highest BCUT2D eigenvalue weighted by atomic mass is 16.6. The summed E-state index contributed by atoms with van der Waals surface area (Å²) in [6.07, 6.45) is 0. The Morgan fingerprint density at radius 3 is 2.84 bits per heavy atom. The predicted octanol–water partition coefficient (Wildman–Crippen LogP) is 0.380. The fourth-order valence-electron chi connectivity index (χ4n) is 1.57. The molecule has 1 aromatic carbocycles. The van der Waals surface area contributed by atoms with Crippen LogP contribution in [0.15, 0.2) is 24.3 Å². The molecule has 2 aromatic rings. The Bertz CT molecular complexity index is 597. The molecule has 1 aromatic heterocycles. The van der Waals surface area contributed by atoms with Gasteiger partial charge in [-0.25, -0.2) is 0 Å². The van der Waals surface area contributed by atoms with Gasteiger partial charge in [0.15, 0.2) is 0 Å². The van der Waals surface area contributed by atoms with Gasteiger partial charge in [0.05, 0.1) is 11.5 Å². The van der Waals surface area contributed by atoms with Gasteiger partial charge in [-0.15, -0.1) is 10.2 Å². The maximum atomic E-state index is 11.9. The van der Waals surface area contributed by atoms with Gasteiger partial charge in [0.1, 0.15) is 0 Å². The largest absolute Gasteiger partial charge is 0.334 e. The molecule has 9 heteroatoms. The number of benzene rings is 1. The molecule has 98 valence electrons. The van der Waals surface area contributed by atoms with Crippen LogP contribution in [0.1, 0.15) is 16.2 Å². The summed E-state index contributed by atoms with van der Waals surface area (Å²) in [6.45, 7) is 0.0878. The van der Waals surface area contributed by atoms with E-state index < -0.39 is 10.8 Å². The van der Waals surface area contributed by atoms with Gasteiger partial charge < -0.3 is 4.90 Å². The fraction of sp³-hybridized carbons (Fsp3) is 0.200. The summed E-state index contributed by atoms with van der Waals surface area (Å²) < 4.78 is 0. The lowest BCUT2D eigenvalue weighted by Crippen LogP contribution is -2.27. The number of nitro groups is 1. The van der Waals surface area contributed by atoms with Gasteiger partial charge in [-0.3, -0.25) is 14.9 Å². The van der Waals surface area contributed by atoms with Crippen LogP contribution in [-0.2, 0) is 6.54 Å². The third kappa shape index (κ3) is 2.70. The first kappa shape index (κ1) is 12.6. The molecular formula is C10H10N6O3. The Kier molecular flexibility index (Phi) is 3.46. The summed E-state index contributed by atoms with van der Waals surface area (Å²) in [5, 5.41) is 23.5. The second kappa shape index (κ2) is 5.21. The SMILES string of the molecule is CN(Cc1ccccc1[N+](=O)[O-])C(=O)c1nn[nH]n1. The molecule has 0 saturated carbocycles. The zero-order chi connectivity index (χ0) is 13.8. The Morgan fingerprint density at radius 1 is 1.47 bits per heavy atom. The van der Waals surface area contributed by atoms with Crippen molar-refractivity contribution in [3.63, 3.8) is 0 Å². The third-order valence-corrected chi connectivity index (χ3v) is 2.48. The number of aromatic nitrogens is 4. The summed E-state index contributed by atoms with van der Waals surface area (Å²) in [5.41, 5.74) is 0.405. The summed E-state index contributed by atoms with van der Waals surface area (Å²) in [6, 6.07) is 6.23. The summed E-state index contributed by atoms with van der Waals surface area (Å²) in [7, 11) is 1.51. The molecule has 0 saturated heterocycles. The summed E-state index contributed by atoms with van der Waals surface area (Å²) in [4.78, 5) is 23.5. The number of rotatable bonds is 4. The number of hydrogen-bond donors (Lipinski definition) is 1. The van der Waals surface area contributed by atoms with Crippen LogP contribution < -0.4 is 0 Å². The number of H-pyrrole nitrogens is 1. The number of aromatic amines is 1. The first-order chi connectivity index (χ1) is 9.09. The Balaban J connectivity index is 2.17. The monoisotopic (exact) mass is 262 g/mol. The maximum Gasteiger partial charge on any atom is 0.295 e. The predicted molar refractivity (Wildman–Crippen MR) is 63.1 cm³/mol. The molecule has 0 aliphatic rings. The highest BCUT2D eigenvalue weighted by molar-refractivity contribution is 5.89. The molecule has 0 unspecified atom stereocenters. The van der Waals surface area contributed by atoms with Gasteiger partial charge in [0, 0.05) is 18.7 Å². The van der Waals surface area contributed by atoms with Gasteiger partial charge in [-0.05, 0) is 5.21 Å². The number of nitrogens with zero attached hydrogens (tertiary/aromatic N) is 5. The molecule has 19 heavy (non-hydrogen) atoms. The van der Waals surface area contributed by atoms with E-state index in [1.807, 2.05) is 0 Å². The maximum absolute atomic E-state index is 11.9. The molecule has 0 radical (unpaired) electrons. The van der Waals surface area contributed by atoms with Gasteiger partial charge in [0.25, 0.3) is 17.4 Å². The first-order valence-corrected chi connectivity index (χ1v) is 5.31. The molecular weight excluding hydrogens is 252 g/mol. The van der Waals surface area contributed by atoms with Crippen molar-refractivity contribution in [3.8, 4) is 0 Å². The van der Waals surface area contributed by atoms with Gasteiger partial charge in [0.2, 0.25) is 0 Å². The zero-order valence-electron chi connectivity index (χ0n) is 9.98. The van der Waals surface area contributed by atoms with Crippen LogP contribution >= 0.6 is 0 Å². The van der Waals surface area contributed by atoms with E-state index in [1.54, 1.807) is 18.2 Å². The number of nitrogens with one attached hydrogen (secondary N) is 1. The van der Waals surface area contributed by atoms with Crippen LogP contribution in [0.5, 0.6) is 0 Å². The van der Waals surface area contributed by atoms with Crippen molar-refractivity contribution in [1.29, 1.82) is 0 Å². The molecule has 0 spiro atoms. The molecule has 0 atom stereocenters. The van der Waals surface area contributed by atoms with Crippen molar-refractivity contribution < 1.29 is 9.72 Å². The zero-order valence-corrected chi connectivity index (χ0v) is 9.98. The number of tetrazole rings is 1. The highest BCUT2D eigenvalue weighted by Crippen LogP contribution is 2.19. The fourth-order valence-corrected chi connectivity index (χ4v) is 1.57. The second-order valence-corrected chi connectivity index (χ2v) is 3.78. The second-order valence-electron chi connectivity index (χ2n) is 3.78. The average molecular weight is 262 g/mol. The van der Waals surface area contributed by atoms with E-state index in [2.05, 4.69) is 20.6 Å². The van der Waals surface area contributed by atoms with Gasteiger partial charge in [-0.1, -0.05) is 18.2 Å². The van der Waals surface area contributed by atoms with E-state index in [-0.39, 0.29) is 18.1 Å². The standard InChI is InChI=1S/C10H10N6O3/c1-15(10(17)9-11-13-14-12-9)6-7-4-2-3-5-8(7)16(18)19/h2-5H,6H2,1H3,(H,11,12,13,14). The van der Waals surface area contributed by atoms with E-state index in [9.17, 15) is 14.9 Å². The van der Waals surface area contributed by atoms with E-state index >= 15 is 0 Å². The molecule has 9 nitrogen and oxygen atoms in total. The van der Waals surface area contributed by atoms with Crippen molar-refractivity contribution in [3.05, 3.63) is 45.8 Å². The lowest BCUT2D eigenvalue weighted by molar-refractivity contribution is -0.385. The van der Waals surface area contributed by atoms with Crippen LogP contribution in [0.4, 0.5) is 5.69 Å². The van der Waals surface area contributed by atoms with E-state index in [0.717, 1.165) is 0 Å². The van der Waals surface area contributed by atoms with E-state index in [4.69, 9.17) is 0 Å². The molecule has 1 N–H and O–H groups in total. The average Bonchev–Trinajstić information content (AvgIpc) is 2.92. The molecule has 1 amide bonds. The topological polar surface area (TPSA) is 118 Å². The number of carbonyl (C=O) groups is 1. The van der Waals surface area contributed by atoms with E-state index in [1.165, 1.54) is 18.0 Å². The Hall–Kier alpha value is -2.84. The molecule has 0 aliphatic carbocycles. The third-order valence-electron chi connectivity index (χ3n) is 2.48. The van der Waals surface area contributed by atoms with Crippen LogP contribution in [-0.4, -0.2) is 43.4 Å². The van der Waals surface area contributed by atoms with Crippen LogP contribution in [0.25, 0.3) is 0 Å². The number of amides is 1. The van der Waals surface area contributed by atoms with Crippen molar-refractivity contribution >= 4 is 11.6 Å². The quantitative estimate of drug-likeness (QED) is 0.628. The van der Waals surface area contributed by atoms with Crippen molar-refractivity contribution in [2.45, 2.75) is 6.54 Å². The Morgan fingerprint density at radius 2 is 2.21 bits per heavy atom. The number of carbonyl (C=O) groups excluding carboxylic acids is 1. The minimum atomic E-state index is -0.484. The molecule has 0 aliphatic heterocycles. The van der Waals surface area contributed by atoms with Crippen LogP contribution in [0, 0.1) is 10.1 Å². The number of nitro benzene ring substituents is 1. The number of hydrogen-bond acceptors (Lipinski definition) is 6. The van der Waals surface area contributed by atoms with Crippen LogP contribution in [0.2, 0.25) is 0 Å². The summed E-state index contributed by atoms with van der Waals surface area (Å²) >= 11 is 0. The molecule has 0 fully saturated rings. The van der Waals surface area contributed by atoms with Gasteiger partial charge in [-0.2, -0.15) is 5.21 Å². The first-order valence-electron chi connectivity index (χ1n) is 5.31. The smallest absolute Gasteiger partial charge is 0.295 e. The highest BCUT2D eigenvalue weighted by Gasteiger charge is 2.20. The molecule has 0 bridgehead atoms. The lowest BCUT2D eigenvalue weighted by atomic mass is 10.1. The van der Waals surface area contributed by atoms with Crippen molar-refractivity contribution in [2.75, 3.05) is 7.05 Å². The van der Waals surface area contributed by atoms with E-state index in [0.29, 0.717) is 5.56 Å².